The molecule has 0 spiro atoms. The van der Waals surface area contributed by atoms with Crippen LogP contribution in [0.4, 0.5) is 0 Å². The summed E-state index contributed by atoms with van der Waals surface area (Å²) in [4.78, 5) is 0. The average molecular weight is 249 g/mol. The molecule has 2 rings (SSSR count). The molecule has 1 aromatic carbocycles. The molecule has 0 radical (unpaired) electrons. The van der Waals surface area contributed by atoms with Crippen LogP contribution in [0.25, 0.3) is 0 Å². The lowest BCUT2D eigenvalue weighted by Crippen LogP contribution is -2.33. The molecule has 1 aliphatic rings. The first-order chi connectivity index (χ1) is 8.66. The molecular weight excluding hydrogens is 226 g/mol. The molecule has 0 aromatic heterocycles. The Hall–Kier alpha value is -0.900. The van der Waals surface area contributed by atoms with Crippen molar-refractivity contribution in [3.05, 3.63) is 35.9 Å². The molecule has 1 aromatic rings. The summed E-state index contributed by atoms with van der Waals surface area (Å²) < 4.78 is 5.38. The first-order valence-electron chi connectivity index (χ1n) is 6.75. The van der Waals surface area contributed by atoms with E-state index in [9.17, 15) is 5.11 Å². The van der Waals surface area contributed by atoms with Gasteiger partial charge in [-0.1, -0.05) is 30.3 Å². The Morgan fingerprint density at radius 2 is 2.06 bits per heavy atom. The Labute approximate surface area is 109 Å². The highest BCUT2D eigenvalue weighted by atomic mass is 16.5. The number of aliphatic hydroxyl groups excluding tert-OH is 1. The van der Waals surface area contributed by atoms with Crippen LogP contribution in [0, 0.1) is 0 Å². The molecular formula is C15H23NO2. The van der Waals surface area contributed by atoms with Crippen LogP contribution in [0.2, 0.25) is 0 Å². The third kappa shape index (κ3) is 4.09. The summed E-state index contributed by atoms with van der Waals surface area (Å²) in [6.07, 6.45) is 0.934. The molecule has 0 saturated heterocycles. The van der Waals surface area contributed by atoms with E-state index in [4.69, 9.17) is 4.74 Å². The summed E-state index contributed by atoms with van der Waals surface area (Å²) in [5, 5.41) is 13.1. The van der Waals surface area contributed by atoms with Gasteiger partial charge in [0, 0.05) is 18.5 Å². The number of aliphatic hydroxyl groups is 1. The van der Waals surface area contributed by atoms with Crippen molar-refractivity contribution in [1.29, 1.82) is 0 Å². The summed E-state index contributed by atoms with van der Waals surface area (Å²) >= 11 is 0. The van der Waals surface area contributed by atoms with Crippen molar-refractivity contribution in [2.45, 2.75) is 44.4 Å². The van der Waals surface area contributed by atoms with Gasteiger partial charge in [0.05, 0.1) is 18.8 Å². The zero-order valence-electron chi connectivity index (χ0n) is 11.2. The maximum Gasteiger partial charge on any atom is 0.0897 e. The van der Waals surface area contributed by atoms with Crippen LogP contribution in [0.5, 0.6) is 0 Å². The van der Waals surface area contributed by atoms with E-state index < -0.39 is 6.10 Å². The van der Waals surface area contributed by atoms with Crippen molar-refractivity contribution in [3.63, 3.8) is 0 Å². The Bertz CT molecular complexity index is 353. The van der Waals surface area contributed by atoms with Gasteiger partial charge in [0.1, 0.15) is 0 Å². The molecule has 3 atom stereocenters. The number of ether oxygens (including phenoxy) is 1. The van der Waals surface area contributed by atoms with E-state index in [1.807, 2.05) is 19.9 Å². The van der Waals surface area contributed by atoms with Crippen LogP contribution in [-0.4, -0.2) is 36.5 Å². The van der Waals surface area contributed by atoms with Crippen LogP contribution in [-0.2, 0) is 4.74 Å². The number of benzene rings is 1. The molecule has 1 aliphatic carbocycles. The third-order valence-corrected chi connectivity index (χ3v) is 3.26. The quantitative estimate of drug-likeness (QED) is 0.775. The van der Waals surface area contributed by atoms with Gasteiger partial charge in [-0.05, 0) is 25.8 Å². The van der Waals surface area contributed by atoms with Crippen LogP contribution in [0.15, 0.2) is 30.3 Å². The van der Waals surface area contributed by atoms with E-state index in [0.717, 1.165) is 0 Å². The lowest BCUT2D eigenvalue weighted by atomic mass is 10.1. The molecule has 2 N–H and O–H groups in total. The minimum absolute atomic E-state index is 0.178. The number of rotatable bonds is 7. The monoisotopic (exact) mass is 249 g/mol. The largest absolute Gasteiger partial charge is 0.389 e. The molecule has 0 aliphatic heterocycles. The zero-order valence-corrected chi connectivity index (χ0v) is 11.2. The lowest BCUT2D eigenvalue weighted by Gasteiger charge is -2.14. The Morgan fingerprint density at radius 3 is 2.72 bits per heavy atom. The standard InChI is InChI=1S/C15H23NO2/c1-11(2)18-10-13(17)9-16-15-8-14(15)12-6-4-3-5-7-12/h3-7,11,13-17H,8-10H2,1-2H3. The Balaban J connectivity index is 1.65. The van der Waals surface area contributed by atoms with Gasteiger partial charge in [-0.3, -0.25) is 0 Å². The summed E-state index contributed by atoms with van der Waals surface area (Å²) in [5.41, 5.74) is 1.39. The lowest BCUT2D eigenvalue weighted by molar-refractivity contribution is 0.00625. The van der Waals surface area contributed by atoms with Crippen molar-refractivity contribution < 1.29 is 9.84 Å². The van der Waals surface area contributed by atoms with Crippen LogP contribution in [0.1, 0.15) is 31.7 Å². The van der Waals surface area contributed by atoms with E-state index in [1.165, 1.54) is 12.0 Å². The van der Waals surface area contributed by atoms with Gasteiger partial charge >= 0.3 is 0 Å². The van der Waals surface area contributed by atoms with Crippen LogP contribution < -0.4 is 5.32 Å². The van der Waals surface area contributed by atoms with Crippen molar-refractivity contribution in [3.8, 4) is 0 Å². The second kappa shape index (κ2) is 6.32. The maximum absolute atomic E-state index is 9.74. The minimum atomic E-state index is -0.413. The van der Waals surface area contributed by atoms with Gasteiger partial charge in [-0.15, -0.1) is 0 Å². The second-order valence-corrected chi connectivity index (χ2v) is 5.30. The van der Waals surface area contributed by atoms with Crippen molar-refractivity contribution >= 4 is 0 Å². The van der Waals surface area contributed by atoms with Crippen LogP contribution >= 0.6 is 0 Å². The van der Waals surface area contributed by atoms with E-state index in [2.05, 4.69) is 29.6 Å². The Morgan fingerprint density at radius 1 is 1.33 bits per heavy atom. The first-order valence-corrected chi connectivity index (χ1v) is 6.75. The maximum atomic E-state index is 9.74. The van der Waals surface area contributed by atoms with Gasteiger partial charge in [0.2, 0.25) is 0 Å². The SMILES string of the molecule is CC(C)OCC(O)CNC1CC1c1ccccc1. The molecule has 3 heteroatoms. The van der Waals surface area contributed by atoms with Crippen molar-refractivity contribution in [2.24, 2.45) is 0 Å². The zero-order chi connectivity index (χ0) is 13.0. The van der Waals surface area contributed by atoms with E-state index in [-0.39, 0.29) is 6.10 Å². The molecule has 3 unspecified atom stereocenters. The number of hydrogen-bond donors (Lipinski definition) is 2. The molecule has 0 heterocycles. The van der Waals surface area contributed by atoms with Gasteiger partial charge in [-0.2, -0.15) is 0 Å². The molecule has 0 bridgehead atoms. The van der Waals surface area contributed by atoms with Gasteiger partial charge < -0.3 is 15.2 Å². The fourth-order valence-corrected chi connectivity index (χ4v) is 2.14. The fraction of sp³-hybridized carbons (Fsp3) is 0.600. The highest BCUT2D eigenvalue weighted by molar-refractivity contribution is 5.27. The predicted molar refractivity (Wildman–Crippen MR) is 72.7 cm³/mol. The third-order valence-electron chi connectivity index (χ3n) is 3.26. The molecule has 1 fully saturated rings. The number of hydrogen-bond acceptors (Lipinski definition) is 3. The molecule has 0 amide bonds. The van der Waals surface area contributed by atoms with Gasteiger partial charge in [0.15, 0.2) is 0 Å². The van der Waals surface area contributed by atoms with Gasteiger partial charge in [-0.25, -0.2) is 0 Å². The molecule has 18 heavy (non-hydrogen) atoms. The highest BCUT2D eigenvalue weighted by Crippen LogP contribution is 2.40. The first kappa shape index (κ1) is 13.5. The van der Waals surface area contributed by atoms with Crippen molar-refractivity contribution in [1.82, 2.24) is 5.32 Å². The summed E-state index contributed by atoms with van der Waals surface area (Å²) in [7, 11) is 0. The van der Waals surface area contributed by atoms with E-state index in [0.29, 0.717) is 25.1 Å². The normalized spacial score (nSPS) is 24.2. The van der Waals surface area contributed by atoms with E-state index >= 15 is 0 Å². The summed E-state index contributed by atoms with van der Waals surface area (Å²) in [6, 6.07) is 11.1. The molecule has 3 nitrogen and oxygen atoms in total. The second-order valence-electron chi connectivity index (χ2n) is 5.30. The van der Waals surface area contributed by atoms with Crippen LogP contribution in [0.3, 0.4) is 0 Å². The highest BCUT2D eigenvalue weighted by Gasteiger charge is 2.37. The van der Waals surface area contributed by atoms with Gasteiger partial charge in [0.25, 0.3) is 0 Å². The van der Waals surface area contributed by atoms with E-state index in [1.54, 1.807) is 0 Å². The summed E-state index contributed by atoms with van der Waals surface area (Å²) in [5.74, 6) is 0.615. The van der Waals surface area contributed by atoms with Crippen molar-refractivity contribution in [2.75, 3.05) is 13.2 Å². The summed E-state index contributed by atoms with van der Waals surface area (Å²) in [6.45, 7) is 4.98. The topological polar surface area (TPSA) is 41.5 Å². The fourth-order valence-electron chi connectivity index (χ4n) is 2.14. The Kier molecular flexibility index (Phi) is 4.75. The number of nitrogens with one attached hydrogen (secondary N) is 1. The average Bonchev–Trinajstić information content (AvgIpc) is 3.14. The smallest absolute Gasteiger partial charge is 0.0897 e. The molecule has 100 valence electrons. The predicted octanol–water partition coefficient (Wildman–Crippen LogP) is 1.92. The molecule has 1 saturated carbocycles. The minimum Gasteiger partial charge on any atom is -0.389 e.